The third kappa shape index (κ3) is 2.48. The number of carbonyl (C=O) groups is 2. The van der Waals surface area contributed by atoms with E-state index in [0.29, 0.717) is 17.0 Å². The molecule has 0 unspecified atom stereocenters. The topological polar surface area (TPSA) is 102 Å². The molecule has 0 N–H and O–H groups in total. The van der Waals surface area contributed by atoms with E-state index in [4.69, 9.17) is 4.84 Å². The minimum Gasteiger partial charge on any atom is -0.381 e. The van der Waals surface area contributed by atoms with Crippen LogP contribution < -0.4 is 4.90 Å². The number of fused-ring (bicyclic) bond motifs is 1. The fourth-order valence-electron chi connectivity index (χ4n) is 3.01. The van der Waals surface area contributed by atoms with Gasteiger partial charge in [0.1, 0.15) is 11.6 Å². The first-order chi connectivity index (χ1) is 12.5. The van der Waals surface area contributed by atoms with Crippen molar-refractivity contribution >= 4 is 44.8 Å². The summed E-state index contributed by atoms with van der Waals surface area (Å²) in [6, 6.07) is 12.4. The molecule has 1 fully saturated rings. The molecule has 0 radical (unpaired) electrons. The van der Waals surface area contributed by atoms with Crippen molar-refractivity contribution in [1.29, 1.82) is 0 Å². The highest BCUT2D eigenvalue weighted by atomic mass is 79.9. The second kappa shape index (κ2) is 6.03. The van der Waals surface area contributed by atoms with Gasteiger partial charge in [-0.3, -0.25) is 19.7 Å². The molecule has 2 amide bonds. The molecule has 0 aromatic heterocycles. The van der Waals surface area contributed by atoms with E-state index in [1.165, 1.54) is 24.3 Å². The van der Waals surface area contributed by atoms with Crippen LogP contribution in [0.3, 0.4) is 0 Å². The Bertz CT molecular complexity index is 955. The molecular formula is C17H10BrN3O5. The summed E-state index contributed by atoms with van der Waals surface area (Å²) in [6.07, 6.45) is -1.02. The van der Waals surface area contributed by atoms with Crippen molar-refractivity contribution in [3.63, 3.8) is 0 Å². The van der Waals surface area contributed by atoms with Gasteiger partial charge in [-0.25, -0.2) is 4.90 Å². The quantitative estimate of drug-likeness (QED) is 0.435. The first kappa shape index (κ1) is 16.4. The number of nitro benzene ring substituents is 1. The van der Waals surface area contributed by atoms with E-state index < -0.39 is 28.8 Å². The Labute approximate surface area is 155 Å². The zero-order valence-corrected chi connectivity index (χ0v) is 14.6. The molecule has 0 aliphatic carbocycles. The van der Waals surface area contributed by atoms with Gasteiger partial charge < -0.3 is 4.84 Å². The maximum Gasteiger partial charge on any atom is 0.278 e. The standard InChI is InChI=1S/C17H10BrN3O5/c18-10-3-7-11(8-4-10)20-16(22)13-14(19-26-15(13)17(20)23)9-1-5-12(6-2-9)21(24)25/h1-8,13,15H/t13-,15-/m0/s1. The number of nitrogens with zero attached hydrogens (tertiary/aromatic N) is 3. The lowest BCUT2D eigenvalue weighted by atomic mass is 9.94. The van der Waals surface area contributed by atoms with Crippen molar-refractivity contribution in [1.82, 2.24) is 0 Å². The molecule has 8 nitrogen and oxygen atoms in total. The number of hydrogen-bond donors (Lipinski definition) is 0. The third-order valence-corrected chi connectivity index (χ3v) is 4.80. The Morgan fingerprint density at radius 1 is 1.04 bits per heavy atom. The van der Waals surface area contributed by atoms with Crippen LogP contribution in [0.4, 0.5) is 11.4 Å². The molecule has 1 saturated heterocycles. The number of hydrogen-bond acceptors (Lipinski definition) is 6. The van der Waals surface area contributed by atoms with Gasteiger partial charge in [0.05, 0.1) is 10.6 Å². The van der Waals surface area contributed by atoms with E-state index >= 15 is 0 Å². The number of non-ortho nitro benzene ring substituents is 1. The zero-order chi connectivity index (χ0) is 18.4. The van der Waals surface area contributed by atoms with Crippen molar-refractivity contribution in [2.45, 2.75) is 6.10 Å². The number of halogens is 1. The molecule has 2 heterocycles. The van der Waals surface area contributed by atoms with Gasteiger partial charge in [-0.05, 0) is 36.4 Å². The minimum absolute atomic E-state index is 0.0740. The van der Waals surface area contributed by atoms with Crippen LogP contribution in [0.2, 0.25) is 0 Å². The summed E-state index contributed by atoms with van der Waals surface area (Å²) in [6.45, 7) is 0. The van der Waals surface area contributed by atoms with Crippen LogP contribution in [0.15, 0.2) is 58.2 Å². The van der Waals surface area contributed by atoms with Gasteiger partial charge in [-0.2, -0.15) is 0 Å². The first-order valence-electron chi connectivity index (χ1n) is 7.59. The van der Waals surface area contributed by atoms with E-state index in [1.54, 1.807) is 24.3 Å². The summed E-state index contributed by atoms with van der Waals surface area (Å²) >= 11 is 3.31. The van der Waals surface area contributed by atoms with Gasteiger partial charge in [-0.1, -0.05) is 21.1 Å². The van der Waals surface area contributed by atoms with Crippen molar-refractivity contribution in [2.24, 2.45) is 11.1 Å². The van der Waals surface area contributed by atoms with E-state index in [-0.39, 0.29) is 5.69 Å². The third-order valence-electron chi connectivity index (χ3n) is 4.27. The Morgan fingerprint density at radius 3 is 2.31 bits per heavy atom. The van der Waals surface area contributed by atoms with Crippen molar-refractivity contribution in [3.8, 4) is 0 Å². The van der Waals surface area contributed by atoms with Crippen LogP contribution >= 0.6 is 15.9 Å². The molecule has 0 spiro atoms. The molecule has 9 heteroatoms. The van der Waals surface area contributed by atoms with Crippen molar-refractivity contribution in [3.05, 3.63) is 68.7 Å². The molecule has 4 rings (SSSR count). The largest absolute Gasteiger partial charge is 0.381 e. The predicted molar refractivity (Wildman–Crippen MR) is 94.6 cm³/mol. The Kier molecular flexibility index (Phi) is 3.80. The second-order valence-electron chi connectivity index (χ2n) is 5.77. The monoisotopic (exact) mass is 415 g/mol. The number of nitro groups is 1. The normalized spacial score (nSPS) is 21.4. The lowest BCUT2D eigenvalue weighted by Crippen LogP contribution is -2.33. The first-order valence-corrected chi connectivity index (χ1v) is 8.38. The highest BCUT2D eigenvalue weighted by Crippen LogP contribution is 2.35. The zero-order valence-electron chi connectivity index (χ0n) is 13.0. The summed E-state index contributed by atoms with van der Waals surface area (Å²) in [7, 11) is 0. The lowest BCUT2D eigenvalue weighted by molar-refractivity contribution is -0.384. The molecule has 0 bridgehead atoms. The number of benzene rings is 2. The van der Waals surface area contributed by atoms with Gasteiger partial charge in [0, 0.05) is 22.2 Å². The van der Waals surface area contributed by atoms with E-state index in [0.717, 1.165) is 9.37 Å². The number of anilines is 1. The van der Waals surface area contributed by atoms with Crippen LogP contribution in [0.25, 0.3) is 0 Å². The fraction of sp³-hybridized carbons (Fsp3) is 0.118. The Balaban J connectivity index is 1.66. The molecule has 2 aromatic carbocycles. The van der Waals surface area contributed by atoms with Crippen LogP contribution in [0, 0.1) is 16.0 Å². The molecule has 2 aromatic rings. The summed E-state index contributed by atoms with van der Waals surface area (Å²) in [5.74, 6) is -1.78. The van der Waals surface area contributed by atoms with Gasteiger partial charge >= 0.3 is 0 Å². The predicted octanol–water partition coefficient (Wildman–Crippen LogP) is 2.65. The number of rotatable bonds is 3. The highest BCUT2D eigenvalue weighted by Gasteiger charge is 2.56. The molecule has 2 atom stereocenters. The summed E-state index contributed by atoms with van der Waals surface area (Å²) in [5.41, 5.74) is 1.17. The van der Waals surface area contributed by atoms with Crippen molar-refractivity contribution in [2.75, 3.05) is 4.90 Å². The van der Waals surface area contributed by atoms with Crippen LogP contribution in [0.5, 0.6) is 0 Å². The van der Waals surface area contributed by atoms with Crippen LogP contribution in [0.1, 0.15) is 5.56 Å². The summed E-state index contributed by atoms with van der Waals surface area (Å²) in [4.78, 5) is 42.0. The molecular weight excluding hydrogens is 406 g/mol. The van der Waals surface area contributed by atoms with Gasteiger partial charge in [0.25, 0.3) is 11.6 Å². The van der Waals surface area contributed by atoms with E-state index in [1.807, 2.05) is 0 Å². The molecule has 26 heavy (non-hydrogen) atoms. The number of carbonyl (C=O) groups excluding carboxylic acids is 2. The molecule has 2 aliphatic rings. The second-order valence-corrected chi connectivity index (χ2v) is 6.69. The van der Waals surface area contributed by atoms with E-state index in [2.05, 4.69) is 21.1 Å². The molecule has 2 aliphatic heterocycles. The maximum atomic E-state index is 12.9. The number of amides is 2. The average Bonchev–Trinajstić information content (AvgIpc) is 3.17. The van der Waals surface area contributed by atoms with Crippen LogP contribution in [-0.4, -0.2) is 28.6 Å². The minimum atomic E-state index is -1.02. The van der Waals surface area contributed by atoms with E-state index in [9.17, 15) is 19.7 Å². The Hall–Kier alpha value is -3.07. The summed E-state index contributed by atoms with van der Waals surface area (Å²) in [5, 5.41) is 14.7. The SMILES string of the molecule is O=C1[C@H]2C(c3ccc([N+](=O)[O-])cc3)=NO[C@@H]2C(=O)N1c1ccc(Br)cc1. The van der Waals surface area contributed by atoms with Crippen LogP contribution in [-0.2, 0) is 14.4 Å². The maximum absolute atomic E-state index is 12.9. The molecule has 0 saturated carbocycles. The highest BCUT2D eigenvalue weighted by molar-refractivity contribution is 9.10. The smallest absolute Gasteiger partial charge is 0.278 e. The molecule has 130 valence electrons. The Morgan fingerprint density at radius 2 is 1.69 bits per heavy atom. The average molecular weight is 416 g/mol. The number of oxime groups is 1. The van der Waals surface area contributed by atoms with Crippen molar-refractivity contribution < 1.29 is 19.3 Å². The lowest BCUT2D eigenvalue weighted by Gasteiger charge is -2.15. The summed E-state index contributed by atoms with van der Waals surface area (Å²) < 4.78 is 0.824. The fourth-order valence-corrected chi connectivity index (χ4v) is 3.28. The van der Waals surface area contributed by atoms with Gasteiger partial charge in [-0.15, -0.1) is 0 Å². The van der Waals surface area contributed by atoms with Gasteiger partial charge in [0.2, 0.25) is 12.0 Å². The number of imide groups is 1. The van der Waals surface area contributed by atoms with Gasteiger partial charge in [0.15, 0.2) is 0 Å².